The van der Waals surface area contributed by atoms with E-state index < -0.39 is 0 Å². The highest BCUT2D eigenvalue weighted by Crippen LogP contribution is 2.43. The number of methoxy groups -OCH3 is 1. The Kier molecular flexibility index (Phi) is 5.36. The summed E-state index contributed by atoms with van der Waals surface area (Å²) in [5.74, 6) is 1.54. The summed E-state index contributed by atoms with van der Waals surface area (Å²) >= 11 is 0. The lowest BCUT2D eigenvalue weighted by Gasteiger charge is -2.35. The van der Waals surface area contributed by atoms with Gasteiger partial charge in [0.25, 0.3) is 11.9 Å². The van der Waals surface area contributed by atoms with Gasteiger partial charge in [0.05, 0.1) is 35.9 Å². The predicted molar refractivity (Wildman–Crippen MR) is 131 cm³/mol. The number of amides is 1. The summed E-state index contributed by atoms with van der Waals surface area (Å²) in [5, 5.41) is 7.84. The molecule has 8 heteroatoms. The molecule has 1 atom stereocenters. The van der Waals surface area contributed by atoms with Crippen molar-refractivity contribution in [2.45, 2.75) is 69.9 Å². The van der Waals surface area contributed by atoms with Gasteiger partial charge in [-0.2, -0.15) is 5.10 Å². The van der Waals surface area contributed by atoms with Crippen LogP contribution in [0.4, 0.5) is 0 Å². The molecule has 3 aliphatic rings. The van der Waals surface area contributed by atoms with E-state index in [1.807, 2.05) is 18.3 Å². The molecule has 1 amide bonds. The van der Waals surface area contributed by atoms with Crippen LogP contribution in [0.3, 0.4) is 0 Å². The Morgan fingerprint density at radius 3 is 2.77 bits per heavy atom. The zero-order valence-electron chi connectivity index (χ0n) is 20.5. The molecule has 1 N–H and O–H groups in total. The Hall–Kier alpha value is -3.26. The summed E-state index contributed by atoms with van der Waals surface area (Å²) in [6.07, 6.45) is 9.13. The highest BCUT2D eigenvalue weighted by atomic mass is 16.5. The number of hydrogen-bond donors (Lipinski definition) is 1. The number of nitrogens with one attached hydrogen (secondary N) is 1. The standard InChI is InChI=1S/C27H31N5O3/c1-27(2)13-19(10-11-35-27)30-25(33)22-15-29-32(24(22)17-5-6-17)26-28-14-18-7-4-16-8-9-20(34-3)12-21(16)23(18)31-26/h8-9,12,14-15,17,19H,4-7,10-11,13H2,1-3H3,(H,30,33)/t19-/m1/s1. The van der Waals surface area contributed by atoms with Crippen LogP contribution in [0.25, 0.3) is 17.2 Å². The summed E-state index contributed by atoms with van der Waals surface area (Å²) in [6, 6.07) is 6.24. The van der Waals surface area contributed by atoms with E-state index in [0.717, 1.165) is 66.8 Å². The minimum atomic E-state index is -0.227. The summed E-state index contributed by atoms with van der Waals surface area (Å²) < 4.78 is 13.0. The van der Waals surface area contributed by atoms with Crippen LogP contribution in [0.1, 0.15) is 72.6 Å². The molecule has 1 aliphatic heterocycles. The average molecular weight is 474 g/mol. The first kappa shape index (κ1) is 22.2. The maximum absolute atomic E-state index is 13.3. The van der Waals surface area contributed by atoms with Gasteiger partial charge in [0.15, 0.2) is 0 Å². The third-order valence-corrected chi connectivity index (χ3v) is 7.32. The van der Waals surface area contributed by atoms with Gasteiger partial charge >= 0.3 is 0 Å². The molecule has 182 valence electrons. The first-order valence-corrected chi connectivity index (χ1v) is 12.5. The quantitative estimate of drug-likeness (QED) is 0.602. The number of hydrogen-bond acceptors (Lipinski definition) is 6. The smallest absolute Gasteiger partial charge is 0.255 e. The van der Waals surface area contributed by atoms with Gasteiger partial charge < -0.3 is 14.8 Å². The number of aromatic nitrogens is 4. The van der Waals surface area contributed by atoms with E-state index in [1.165, 1.54) is 5.56 Å². The van der Waals surface area contributed by atoms with Crippen molar-refractivity contribution in [1.29, 1.82) is 0 Å². The van der Waals surface area contributed by atoms with E-state index in [2.05, 4.69) is 35.3 Å². The van der Waals surface area contributed by atoms with Crippen LogP contribution >= 0.6 is 0 Å². The monoisotopic (exact) mass is 473 g/mol. The number of carbonyl (C=O) groups is 1. The van der Waals surface area contributed by atoms with Gasteiger partial charge in [0, 0.05) is 30.3 Å². The fourth-order valence-corrected chi connectivity index (χ4v) is 5.37. The Balaban J connectivity index is 1.34. The molecule has 1 saturated carbocycles. The van der Waals surface area contributed by atoms with Gasteiger partial charge in [-0.05, 0) is 75.6 Å². The molecule has 1 saturated heterocycles. The highest BCUT2D eigenvalue weighted by molar-refractivity contribution is 5.95. The number of benzene rings is 1. The lowest BCUT2D eigenvalue weighted by atomic mass is 9.90. The van der Waals surface area contributed by atoms with Crippen LogP contribution in [-0.2, 0) is 17.6 Å². The first-order valence-electron chi connectivity index (χ1n) is 12.5. The zero-order chi connectivity index (χ0) is 24.2. The lowest BCUT2D eigenvalue weighted by molar-refractivity contribution is -0.0615. The summed E-state index contributed by atoms with van der Waals surface area (Å²) in [7, 11) is 1.68. The molecular formula is C27H31N5O3. The Morgan fingerprint density at radius 1 is 1.17 bits per heavy atom. The fourth-order valence-electron chi connectivity index (χ4n) is 5.37. The normalized spacial score (nSPS) is 20.6. The van der Waals surface area contributed by atoms with Gasteiger partial charge in [0.1, 0.15) is 5.75 Å². The molecule has 0 unspecified atom stereocenters. The number of fused-ring (bicyclic) bond motifs is 3. The van der Waals surface area contributed by atoms with Gasteiger partial charge in [-0.3, -0.25) is 4.79 Å². The van der Waals surface area contributed by atoms with Crippen LogP contribution in [0.5, 0.6) is 5.75 Å². The number of rotatable bonds is 5. The Bertz CT molecular complexity index is 1290. The Labute approximate surface area is 205 Å². The van der Waals surface area contributed by atoms with Gasteiger partial charge in [-0.1, -0.05) is 6.07 Å². The molecule has 2 aliphatic carbocycles. The van der Waals surface area contributed by atoms with Crippen molar-refractivity contribution in [2.75, 3.05) is 13.7 Å². The second-order valence-electron chi connectivity index (χ2n) is 10.5. The summed E-state index contributed by atoms with van der Waals surface area (Å²) in [4.78, 5) is 23.0. The van der Waals surface area contributed by atoms with E-state index in [9.17, 15) is 4.79 Å². The van der Waals surface area contributed by atoms with E-state index in [0.29, 0.717) is 24.0 Å². The van der Waals surface area contributed by atoms with E-state index in [-0.39, 0.29) is 17.6 Å². The second kappa shape index (κ2) is 8.45. The minimum absolute atomic E-state index is 0.0751. The van der Waals surface area contributed by atoms with Crippen molar-refractivity contribution < 1.29 is 14.3 Å². The minimum Gasteiger partial charge on any atom is -0.497 e. The molecule has 0 spiro atoms. The van der Waals surface area contributed by atoms with Crippen LogP contribution in [-0.4, -0.2) is 51.0 Å². The van der Waals surface area contributed by atoms with Crippen molar-refractivity contribution in [3.8, 4) is 23.0 Å². The molecule has 3 heterocycles. The molecule has 35 heavy (non-hydrogen) atoms. The molecule has 0 bridgehead atoms. The van der Waals surface area contributed by atoms with Crippen LogP contribution in [0, 0.1) is 0 Å². The highest BCUT2D eigenvalue weighted by Gasteiger charge is 2.36. The molecule has 3 aromatic rings. The predicted octanol–water partition coefficient (Wildman–Crippen LogP) is 4.00. The van der Waals surface area contributed by atoms with Gasteiger partial charge in [0.2, 0.25) is 0 Å². The summed E-state index contributed by atoms with van der Waals surface area (Å²) in [5.41, 5.74) is 5.68. The topological polar surface area (TPSA) is 91.2 Å². The molecule has 2 fully saturated rings. The van der Waals surface area contributed by atoms with Crippen molar-refractivity contribution >= 4 is 5.91 Å². The SMILES string of the molecule is COc1ccc2c(c1)-c1nc(-n3ncc(C(=O)N[C@@H]4CCOC(C)(C)C4)c3C3CC3)ncc1CC2. The molecule has 8 nitrogen and oxygen atoms in total. The van der Waals surface area contributed by atoms with Crippen molar-refractivity contribution in [2.24, 2.45) is 0 Å². The average Bonchev–Trinajstić information content (AvgIpc) is 3.59. The maximum atomic E-state index is 13.3. The second-order valence-corrected chi connectivity index (χ2v) is 10.5. The van der Waals surface area contributed by atoms with Gasteiger partial charge in [-0.15, -0.1) is 0 Å². The van der Waals surface area contributed by atoms with Crippen molar-refractivity contribution in [3.05, 3.63) is 53.0 Å². The number of ether oxygens (including phenoxy) is 2. The molecule has 0 radical (unpaired) electrons. The molecule has 1 aromatic carbocycles. The third-order valence-electron chi connectivity index (χ3n) is 7.32. The van der Waals surface area contributed by atoms with Crippen molar-refractivity contribution in [3.63, 3.8) is 0 Å². The zero-order valence-corrected chi connectivity index (χ0v) is 20.5. The first-order chi connectivity index (χ1) is 16.9. The maximum Gasteiger partial charge on any atom is 0.255 e. The largest absolute Gasteiger partial charge is 0.497 e. The molecular weight excluding hydrogens is 442 g/mol. The number of nitrogens with zero attached hydrogens (tertiary/aromatic N) is 4. The fraction of sp³-hybridized carbons (Fsp3) is 0.481. The molecule has 2 aromatic heterocycles. The summed E-state index contributed by atoms with van der Waals surface area (Å²) in [6.45, 7) is 4.79. The van der Waals surface area contributed by atoms with Crippen LogP contribution < -0.4 is 10.1 Å². The van der Waals surface area contributed by atoms with Crippen molar-refractivity contribution in [1.82, 2.24) is 25.1 Å². The van der Waals surface area contributed by atoms with E-state index in [1.54, 1.807) is 18.0 Å². The van der Waals surface area contributed by atoms with Crippen LogP contribution in [0.2, 0.25) is 0 Å². The molecule has 6 rings (SSSR count). The number of aryl methyl sites for hydroxylation is 2. The number of carbonyl (C=O) groups excluding carboxylic acids is 1. The van der Waals surface area contributed by atoms with E-state index >= 15 is 0 Å². The van der Waals surface area contributed by atoms with Crippen LogP contribution in [0.15, 0.2) is 30.6 Å². The van der Waals surface area contributed by atoms with E-state index in [4.69, 9.17) is 14.5 Å². The lowest BCUT2D eigenvalue weighted by Crippen LogP contribution is -2.45. The Morgan fingerprint density at radius 2 is 2.00 bits per heavy atom. The third kappa shape index (κ3) is 4.20. The van der Waals surface area contributed by atoms with Gasteiger partial charge in [-0.25, -0.2) is 14.6 Å².